The molecule has 0 radical (unpaired) electrons. The van der Waals surface area contributed by atoms with Gasteiger partial charge in [-0.2, -0.15) is 13.2 Å². The van der Waals surface area contributed by atoms with E-state index in [-0.39, 0.29) is 11.3 Å². The van der Waals surface area contributed by atoms with E-state index in [0.717, 1.165) is 0 Å². The van der Waals surface area contributed by atoms with Gasteiger partial charge in [-0.3, -0.25) is 0 Å². The number of halogens is 3. The van der Waals surface area contributed by atoms with Crippen LogP contribution in [0.15, 0.2) is 24.4 Å². The van der Waals surface area contributed by atoms with Crippen LogP contribution in [-0.4, -0.2) is 9.38 Å². The van der Waals surface area contributed by atoms with Crippen LogP contribution in [0.1, 0.15) is 25.4 Å². The summed E-state index contributed by atoms with van der Waals surface area (Å²) >= 11 is 0. The lowest BCUT2D eigenvalue weighted by Gasteiger charge is -2.16. The van der Waals surface area contributed by atoms with Crippen molar-refractivity contribution in [2.45, 2.75) is 25.6 Å². The maximum absolute atomic E-state index is 12.8. The van der Waals surface area contributed by atoms with Gasteiger partial charge in [0.1, 0.15) is 5.82 Å². The third-order valence-corrected chi connectivity index (χ3v) is 2.39. The summed E-state index contributed by atoms with van der Waals surface area (Å²) in [7, 11) is 0. The van der Waals surface area contributed by atoms with Crippen LogP contribution in [0.3, 0.4) is 0 Å². The fraction of sp³-hybridized carbons (Fsp3) is 0.364. The summed E-state index contributed by atoms with van der Waals surface area (Å²) in [5.41, 5.74) is 4.02. The van der Waals surface area contributed by atoms with Gasteiger partial charge in [-0.05, 0) is 26.0 Å². The van der Waals surface area contributed by atoms with E-state index in [1.165, 1.54) is 16.7 Å². The van der Waals surface area contributed by atoms with Crippen molar-refractivity contribution in [3.05, 3.63) is 35.9 Å². The van der Waals surface area contributed by atoms with Crippen molar-refractivity contribution in [3.63, 3.8) is 0 Å². The molecule has 0 unspecified atom stereocenters. The quantitative estimate of drug-likeness (QED) is 0.836. The molecule has 0 aromatic carbocycles. The van der Waals surface area contributed by atoms with Gasteiger partial charge in [-0.1, -0.05) is 6.07 Å². The number of alkyl halides is 3. The summed E-state index contributed by atoms with van der Waals surface area (Å²) < 4.78 is 39.8. The second kappa shape index (κ2) is 3.46. The fourth-order valence-electron chi connectivity index (χ4n) is 1.70. The molecule has 92 valence electrons. The molecule has 0 saturated heterocycles. The van der Waals surface area contributed by atoms with E-state index in [0.29, 0.717) is 0 Å². The van der Waals surface area contributed by atoms with Gasteiger partial charge in [0.05, 0.1) is 11.1 Å². The highest BCUT2D eigenvalue weighted by atomic mass is 19.4. The molecule has 0 aliphatic heterocycles. The maximum atomic E-state index is 12.8. The van der Waals surface area contributed by atoms with Gasteiger partial charge in [0, 0.05) is 6.20 Å². The smallest absolute Gasteiger partial charge is 0.319 e. The van der Waals surface area contributed by atoms with Crippen LogP contribution in [-0.2, 0) is 11.7 Å². The summed E-state index contributed by atoms with van der Waals surface area (Å²) in [5.74, 6) is 0.195. The molecule has 0 fully saturated rings. The van der Waals surface area contributed by atoms with Crippen LogP contribution in [0.2, 0.25) is 0 Å². The molecule has 0 aliphatic rings. The Bertz CT molecular complexity index is 501. The van der Waals surface area contributed by atoms with Crippen molar-refractivity contribution in [1.29, 1.82) is 0 Å². The summed E-state index contributed by atoms with van der Waals surface area (Å²) in [4.78, 5) is 3.64. The number of hydrogen-bond acceptors (Lipinski definition) is 2. The lowest BCUT2D eigenvalue weighted by molar-refractivity contribution is -0.139. The highest BCUT2D eigenvalue weighted by Gasteiger charge is 2.38. The summed E-state index contributed by atoms with van der Waals surface area (Å²) in [6, 6.07) is 4.56. The van der Waals surface area contributed by atoms with Gasteiger partial charge in [0.15, 0.2) is 5.69 Å². The molecule has 0 spiro atoms. The number of imidazole rings is 1. The predicted molar refractivity (Wildman–Crippen MR) is 57.4 cm³/mol. The standard InChI is InChI=1S/C11H12F3N3/c1-10(2,15)9-16-8(11(12,13)14)7-5-3-4-6-17(7)9/h3-6H,15H2,1-2H3. The Kier molecular flexibility index (Phi) is 2.43. The molecule has 2 aromatic rings. The molecular weight excluding hydrogens is 231 g/mol. The average molecular weight is 243 g/mol. The van der Waals surface area contributed by atoms with E-state index in [9.17, 15) is 13.2 Å². The molecule has 2 aromatic heterocycles. The normalized spacial score (nSPS) is 13.3. The first kappa shape index (κ1) is 11.9. The first-order valence-corrected chi connectivity index (χ1v) is 5.05. The monoisotopic (exact) mass is 243 g/mol. The van der Waals surface area contributed by atoms with E-state index < -0.39 is 17.4 Å². The summed E-state index contributed by atoms with van der Waals surface area (Å²) in [6.45, 7) is 3.24. The van der Waals surface area contributed by atoms with Gasteiger partial charge < -0.3 is 10.1 Å². The molecule has 17 heavy (non-hydrogen) atoms. The van der Waals surface area contributed by atoms with E-state index in [4.69, 9.17) is 5.73 Å². The van der Waals surface area contributed by atoms with Gasteiger partial charge >= 0.3 is 6.18 Å². The Hall–Kier alpha value is -1.56. The van der Waals surface area contributed by atoms with Crippen molar-refractivity contribution >= 4 is 5.52 Å². The van der Waals surface area contributed by atoms with Gasteiger partial charge in [0.25, 0.3) is 0 Å². The number of aromatic nitrogens is 2. The second-order valence-electron chi connectivity index (χ2n) is 4.46. The number of nitrogens with zero attached hydrogens (tertiary/aromatic N) is 2. The molecule has 3 nitrogen and oxygen atoms in total. The second-order valence-corrected chi connectivity index (χ2v) is 4.46. The van der Waals surface area contributed by atoms with Crippen molar-refractivity contribution < 1.29 is 13.2 Å². The zero-order valence-electron chi connectivity index (χ0n) is 9.42. The Balaban J connectivity index is 2.81. The topological polar surface area (TPSA) is 43.3 Å². The zero-order chi connectivity index (χ0) is 12.8. The third kappa shape index (κ3) is 2.00. The lowest BCUT2D eigenvalue weighted by atomic mass is 10.1. The Morgan fingerprint density at radius 2 is 1.88 bits per heavy atom. The highest BCUT2D eigenvalue weighted by Crippen LogP contribution is 2.33. The number of hydrogen-bond donors (Lipinski definition) is 1. The molecule has 0 aliphatic carbocycles. The maximum Gasteiger partial charge on any atom is 0.435 e. The van der Waals surface area contributed by atoms with E-state index in [1.807, 2.05) is 0 Å². The SMILES string of the molecule is CC(C)(N)c1nc(C(F)(F)F)c2ccccn12. The van der Waals surface area contributed by atoms with Crippen LogP contribution in [0.25, 0.3) is 5.52 Å². The van der Waals surface area contributed by atoms with E-state index in [1.54, 1.807) is 26.0 Å². The van der Waals surface area contributed by atoms with Crippen LogP contribution in [0.5, 0.6) is 0 Å². The molecule has 2 heterocycles. The van der Waals surface area contributed by atoms with Crippen molar-refractivity contribution in [1.82, 2.24) is 9.38 Å². The van der Waals surface area contributed by atoms with Gasteiger partial charge in [-0.25, -0.2) is 4.98 Å². The molecule has 6 heteroatoms. The molecule has 0 bridgehead atoms. The highest BCUT2D eigenvalue weighted by molar-refractivity contribution is 5.55. The third-order valence-electron chi connectivity index (χ3n) is 2.39. The van der Waals surface area contributed by atoms with E-state index in [2.05, 4.69) is 4.98 Å². The largest absolute Gasteiger partial charge is 0.435 e. The van der Waals surface area contributed by atoms with Crippen LogP contribution < -0.4 is 5.73 Å². The lowest BCUT2D eigenvalue weighted by Crippen LogP contribution is -2.31. The first-order valence-electron chi connectivity index (χ1n) is 5.05. The number of rotatable bonds is 1. The van der Waals surface area contributed by atoms with Crippen molar-refractivity contribution in [2.75, 3.05) is 0 Å². The average Bonchev–Trinajstić information content (AvgIpc) is 2.55. The van der Waals surface area contributed by atoms with Crippen molar-refractivity contribution in [3.8, 4) is 0 Å². The minimum atomic E-state index is -4.48. The van der Waals surface area contributed by atoms with Crippen molar-refractivity contribution in [2.24, 2.45) is 5.73 Å². The van der Waals surface area contributed by atoms with E-state index >= 15 is 0 Å². The fourth-order valence-corrected chi connectivity index (χ4v) is 1.70. The number of fused-ring (bicyclic) bond motifs is 1. The zero-order valence-corrected chi connectivity index (χ0v) is 9.42. The molecule has 0 atom stereocenters. The van der Waals surface area contributed by atoms with Crippen LogP contribution >= 0.6 is 0 Å². The number of pyridine rings is 1. The number of nitrogens with two attached hydrogens (primary N) is 1. The Labute approximate surface area is 96.1 Å². The van der Waals surface area contributed by atoms with Crippen LogP contribution in [0.4, 0.5) is 13.2 Å². The Morgan fingerprint density at radius 3 is 2.41 bits per heavy atom. The summed E-state index contributed by atoms with van der Waals surface area (Å²) in [5, 5.41) is 0. The van der Waals surface area contributed by atoms with Crippen LogP contribution in [0, 0.1) is 0 Å². The first-order chi connectivity index (χ1) is 7.71. The molecule has 2 rings (SSSR count). The minimum Gasteiger partial charge on any atom is -0.319 e. The Morgan fingerprint density at radius 1 is 1.24 bits per heavy atom. The molecular formula is C11H12F3N3. The van der Waals surface area contributed by atoms with Gasteiger partial charge in [-0.15, -0.1) is 0 Å². The minimum absolute atomic E-state index is 0.0218. The predicted octanol–water partition coefficient (Wildman–Crippen LogP) is 2.55. The summed E-state index contributed by atoms with van der Waals surface area (Å²) in [6.07, 6.45) is -2.95. The van der Waals surface area contributed by atoms with Gasteiger partial charge in [0.2, 0.25) is 0 Å². The molecule has 0 amide bonds. The molecule has 0 saturated carbocycles. The molecule has 2 N–H and O–H groups in total.